The number of aromatic nitrogens is 1. The molecule has 1 amide bonds. The number of rotatable bonds is 0. The van der Waals surface area contributed by atoms with Crippen LogP contribution in [0.4, 0.5) is 10.1 Å². The van der Waals surface area contributed by atoms with Crippen molar-refractivity contribution in [1.29, 1.82) is 0 Å². The fourth-order valence-corrected chi connectivity index (χ4v) is 2.00. The molecule has 76 valence electrons. The molecule has 4 heteroatoms. The van der Waals surface area contributed by atoms with E-state index in [9.17, 15) is 9.18 Å². The summed E-state index contributed by atoms with van der Waals surface area (Å²) in [5, 5.41) is 3.56. The van der Waals surface area contributed by atoms with Gasteiger partial charge in [0.25, 0.3) is 0 Å². The lowest BCUT2D eigenvalue weighted by Crippen LogP contribution is -2.11. The molecule has 3 rings (SSSR count). The standard InChI is InChI=1S/C11H9FN2O/c12-8-2-1-7-3-5-14-6-4-9(15)13-10(8)11(7)14/h1-3,5H,4,6H2,(H,13,15). The third-order valence-electron chi connectivity index (χ3n) is 2.72. The lowest BCUT2D eigenvalue weighted by Gasteiger charge is -2.05. The zero-order valence-electron chi connectivity index (χ0n) is 7.96. The molecule has 0 spiro atoms. The summed E-state index contributed by atoms with van der Waals surface area (Å²) in [6.45, 7) is 0.603. The molecule has 0 saturated carbocycles. The highest BCUT2D eigenvalue weighted by molar-refractivity contribution is 6.02. The molecule has 15 heavy (non-hydrogen) atoms. The first-order chi connectivity index (χ1) is 7.25. The van der Waals surface area contributed by atoms with Gasteiger partial charge in [-0.25, -0.2) is 4.39 Å². The molecule has 1 aliphatic heterocycles. The Bertz CT molecular complexity index is 559. The molecule has 3 nitrogen and oxygen atoms in total. The Morgan fingerprint density at radius 3 is 3.07 bits per heavy atom. The van der Waals surface area contributed by atoms with E-state index < -0.39 is 0 Å². The molecule has 1 N–H and O–H groups in total. The number of hydrogen-bond acceptors (Lipinski definition) is 1. The minimum Gasteiger partial charge on any atom is -0.345 e. The molecule has 0 unspecified atom stereocenters. The van der Waals surface area contributed by atoms with Crippen LogP contribution in [0.3, 0.4) is 0 Å². The molecule has 1 aliphatic rings. The van der Waals surface area contributed by atoms with Gasteiger partial charge in [0.15, 0.2) is 0 Å². The van der Waals surface area contributed by atoms with Crippen molar-refractivity contribution in [3.8, 4) is 0 Å². The summed E-state index contributed by atoms with van der Waals surface area (Å²) in [6.07, 6.45) is 2.27. The molecule has 0 radical (unpaired) electrons. The Morgan fingerprint density at radius 2 is 2.20 bits per heavy atom. The van der Waals surface area contributed by atoms with Crippen LogP contribution >= 0.6 is 0 Å². The molecule has 1 aromatic heterocycles. The lowest BCUT2D eigenvalue weighted by atomic mass is 10.2. The molecule has 0 fully saturated rings. The Kier molecular flexibility index (Phi) is 1.59. The van der Waals surface area contributed by atoms with Crippen LogP contribution in [0.1, 0.15) is 6.42 Å². The predicted octanol–water partition coefficient (Wildman–Crippen LogP) is 2.12. The second-order valence-electron chi connectivity index (χ2n) is 3.67. The zero-order valence-corrected chi connectivity index (χ0v) is 7.96. The van der Waals surface area contributed by atoms with Crippen LogP contribution in [0.2, 0.25) is 0 Å². The van der Waals surface area contributed by atoms with Crippen molar-refractivity contribution < 1.29 is 9.18 Å². The van der Waals surface area contributed by atoms with Gasteiger partial charge in [0, 0.05) is 24.5 Å². The monoisotopic (exact) mass is 204 g/mol. The summed E-state index contributed by atoms with van der Waals surface area (Å²) in [5.41, 5.74) is 1.08. The van der Waals surface area contributed by atoms with Gasteiger partial charge in [0.1, 0.15) is 11.5 Å². The van der Waals surface area contributed by atoms with E-state index in [1.165, 1.54) is 6.07 Å². The smallest absolute Gasteiger partial charge is 0.226 e. The second kappa shape index (κ2) is 2.82. The van der Waals surface area contributed by atoms with Gasteiger partial charge in [-0.1, -0.05) is 0 Å². The highest BCUT2D eigenvalue weighted by Crippen LogP contribution is 2.29. The van der Waals surface area contributed by atoms with Crippen molar-refractivity contribution in [2.75, 3.05) is 5.32 Å². The summed E-state index contributed by atoms with van der Waals surface area (Å²) in [4.78, 5) is 11.4. The lowest BCUT2D eigenvalue weighted by molar-refractivity contribution is -0.116. The topological polar surface area (TPSA) is 34.0 Å². The normalized spacial score (nSPS) is 15.1. The van der Waals surface area contributed by atoms with Gasteiger partial charge in [-0.05, 0) is 18.2 Å². The van der Waals surface area contributed by atoms with Gasteiger partial charge >= 0.3 is 0 Å². The number of halogens is 1. The maximum absolute atomic E-state index is 13.5. The molecule has 2 heterocycles. The Hall–Kier alpha value is -1.84. The molecule has 2 aromatic rings. The first kappa shape index (κ1) is 8.47. The van der Waals surface area contributed by atoms with E-state index in [0.29, 0.717) is 18.7 Å². The van der Waals surface area contributed by atoms with Crippen LogP contribution in [0.5, 0.6) is 0 Å². The van der Waals surface area contributed by atoms with Crippen LogP contribution in [-0.4, -0.2) is 10.5 Å². The van der Waals surface area contributed by atoms with E-state index in [-0.39, 0.29) is 11.7 Å². The number of anilines is 1. The predicted molar refractivity (Wildman–Crippen MR) is 55.1 cm³/mol. The molecule has 0 aliphatic carbocycles. The number of benzene rings is 1. The molecular formula is C11H9FN2O. The third-order valence-corrected chi connectivity index (χ3v) is 2.72. The van der Waals surface area contributed by atoms with Crippen LogP contribution in [0.15, 0.2) is 24.4 Å². The molecule has 1 aromatic carbocycles. The summed E-state index contributed by atoms with van der Waals surface area (Å²) < 4.78 is 15.4. The molecule has 0 bridgehead atoms. The van der Waals surface area contributed by atoms with Gasteiger partial charge in [0.2, 0.25) is 5.91 Å². The molecule has 0 saturated heterocycles. The van der Waals surface area contributed by atoms with Crippen molar-refractivity contribution in [2.24, 2.45) is 0 Å². The Balaban J connectivity index is 2.40. The van der Waals surface area contributed by atoms with Gasteiger partial charge in [-0.3, -0.25) is 4.79 Å². The van der Waals surface area contributed by atoms with Crippen molar-refractivity contribution in [1.82, 2.24) is 4.57 Å². The first-order valence-corrected chi connectivity index (χ1v) is 4.83. The largest absolute Gasteiger partial charge is 0.345 e. The van der Waals surface area contributed by atoms with Crippen LogP contribution < -0.4 is 5.32 Å². The van der Waals surface area contributed by atoms with E-state index in [1.54, 1.807) is 6.07 Å². The number of aryl methyl sites for hydroxylation is 1. The number of nitrogens with one attached hydrogen (secondary N) is 1. The minimum absolute atomic E-state index is 0.134. The summed E-state index contributed by atoms with van der Waals surface area (Å²) in [5.74, 6) is -0.511. The fourth-order valence-electron chi connectivity index (χ4n) is 2.00. The SMILES string of the molecule is O=C1CCn2ccc3ccc(F)c(c32)N1. The first-order valence-electron chi connectivity index (χ1n) is 4.83. The summed E-state index contributed by atoms with van der Waals surface area (Å²) in [6, 6.07) is 5.03. The van der Waals surface area contributed by atoms with Crippen LogP contribution in [0, 0.1) is 5.82 Å². The highest BCUT2D eigenvalue weighted by atomic mass is 19.1. The van der Waals surface area contributed by atoms with E-state index in [0.717, 1.165) is 10.9 Å². The average molecular weight is 204 g/mol. The summed E-state index contributed by atoms with van der Waals surface area (Å²) >= 11 is 0. The van der Waals surface area contributed by atoms with E-state index in [2.05, 4.69) is 5.32 Å². The fraction of sp³-hybridized carbons (Fsp3) is 0.182. The number of hydrogen-bond donors (Lipinski definition) is 1. The highest BCUT2D eigenvalue weighted by Gasteiger charge is 2.17. The number of carbonyl (C=O) groups excluding carboxylic acids is 1. The van der Waals surface area contributed by atoms with Gasteiger partial charge in [-0.15, -0.1) is 0 Å². The Morgan fingerprint density at radius 1 is 1.33 bits per heavy atom. The van der Waals surface area contributed by atoms with E-state index >= 15 is 0 Å². The van der Waals surface area contributed by atoms with Gasteiger partial charge < -0.3 is 9.88 Å². The second-order valence-corrected chi connectivity index (χ2v) is 3.67. The maximum Gasteiger partial charge on any atom is 0.226 e. The number of nitrogens with zero attached hydrogens (tertiary/aromatic N) is 1. The third kappa shape index (κ3) is 1.14. The van der Waals surface area contributed by atoms with Gasteiger partial charge in [0.05, 0.1) is 5.52 Å². The van der Waals surface area contributed by atoms with E-state index in [1.807, 2.05) is 16.8 Å². The van der Waals surface area contributed by atoms with E-state index in [4.69, 9.17) is 0 Å². The Labute approximate surface area is 85.5 Å². The molecule has 0 atom stereocenters. The average Bonchev–Trinajstić information content (AvgIpc) is 2.55. The van der Waals surface area contributed by atoms with Gasteiger partial charge in [-0.2, -0.15) is 0 Å². The number of carbonyl (C=O) groups is 1. The number of amides is 1. The van der Waals surface area contributed by atoms with Crippen molar-refractivity contribution >= 4 is 22.5 Å². The van der Waals surface area contributed by atoms with Crippen molar-refractivity contribution in [3.63, 3.8) is 0 Å². The van der Waals surface area contributed by atoms with Crippen LogP contribution in [0.25, 0.3) is 10.9 Å². The van der Waals surface area contributed by atoms with Crippen molar-refractivity contribution in [2.45, 2.75) is 13.0 Å². The molecular weight excluding hydrogens is 195 g/mol. The summed E-state index contributed by atoms with van der Waals surface area (Å²) in [7, 11) is 0. The van der Waals surface area contributed by atoms with Crippen LogP contribution in [-0.2, 0) is 11.3 Å². The quantitative estimate of drug-likeness (QED) is 0.700. The minimum atomic E-state index is -0.377. The van der Waals surface area contributed by atoms with Crippen molar-refractivity contribution in [3.05, 3.63) is 30.2 Å². The maximum atomic E-state index is 13.5. The zero-order chi connectivity index (χ0) is 10.4.